The van der Waals surface area contributed by atoms with Crippen molar-refractivity contribution in [3.8, 4) is 5.82 Å². The lowest BCUT2D eigenvalue weighted by Crippen LogP contribution is -2.38. The molecule has 170 valence electrons. The molecule has 0 aliphatic carbocycles. The molecule has 0 radical (unpaired) electrons. The number of hydrogen-bond donors (Lipinski definition) is 0. The molecule has 0 bridgehead atoms. The van der Waals surface area contributed by atoms with Crippen LogP contribution in [0.2, 0.25) is 0 Å². The van der Waals surface area contributed by atoms with E-state index in [9.17, 15) is 4.79 Å². The highest BCUT2D eigenvalue weighted by Crippen LogP contribution is 2.28. The summed E-state index contributed by atoms with van der Waals surface area (Å²) in [7, 11) is 0. The summed E-state index contributed by atoms with van der Waals surface area (Å²) in [6.07, 6.45) is 3.24. The van der Waals surface area contributed by atoms with Crippen LogP contribution in [0.1, 0.15) is 53.5 Å². The van der Waals surface area contributed by atoms with Gasteiger partial charge in [-0.1, -0.05) is 30.3 Å². The Balaban J connectivity index is 1.24. The topological polar surface area (TPSA) is 81.2 Å². The Morgan fingerprint density at radius 1 is 0.970 bits per heavy atom. The van der Waals surface area contributed by atoms with Crippen molar-refractivity contribution in [2.24, 2.45) is 0 Å². The fraction of sp³-hybridized carbons (Fsp3) is 0.400. The van der Waals surface area contributed by atoms with Crippen LogP contribution in [0.25, 0.3) is 11.5 Å². The monoisotopic (exact) mass is 443 g/mol. The van der Waals surface area contributed by atoms with Crippen LogP contribution >= 0.6 is 0 Å². The van der Waals surface area contributed by atoms with E-state index in [-0.39, 0.29) is 5.91 Å². The molecular formula is C25H29N7O. The lowest BCUT2D eigenvalue weighted by molar-refractivity contribution is -0.132. The molecule has 0 atom stereocenters. The van der Waals surface area contributed by atoms with Crippen LogP contribution in [-0.4, -0.2) is 53.5 Å². The predicted octanol–water partition coefficient (Wildman–Crippen LogP) is 3.57. The first-order valence-electron chi connectivity index (χ1n) is 11.6. The van der Waals surface area contributed by atoms with E-state index in [0.29, 0.717) is 30.2 Å². The van der Waals surface area contributed by atoms with Gasteiger partial charge in [0.2, 0.25) is 5.91 Å². The normalized spacial score (nSPS) is 14.8. The van der Waals surface area contributed by atoms with Gasteiger partial charge in [0.25, 0.3) is 0 Å². The van der Waals surface area contributed by atoms with Crippen LogP contribution < -0.4 is 0 Å². The van der Waals surface area contributed by atoms with Crippen LogP contribution in [0.15, 0.2) is 42.5 Å². The predicted molar refractivity (Wildman–Crippen MR) is 125 cm³/mol. The molecule has 1 aliphatic heterocycles. The molecule has 1 amide bonds. The minimum atomic E-state index is 0.229. The highest BCUT2D eigenvalue weighted by molar-refractivity contribution is 5.76. The Hall–Kier alpha value is -3.55. The zero-order valence-electron chi connectivity index (χ0n) is 19.4. The van der Waals surface area contributed by atoms with E-state index in [4.69, 9.17) is 5.10 Å². The second kappa shape index (κ2) is 8.77. The Morgan fingerprint density at radius 2 is 1.73 bits per heavy atom. The van der Waals surface area contributed by atoms with Gasteiger partial charge in [-0.2, -0.15) is 9.61 Å². The fourth-order valence-corrected chi connectivity index (χ4v) is 4.84. The van der Waals surface area contributed by atoms with Crippen LogP contribution in [0.3, 0.4) is 0 Å². The van der Waals surface area contributed by atoms with Gasteiger partial charge in [0.1, 0.15) is 0 Å². The van der Waals surface area contributed by atoms with Gasteiger partial charge in [0.05, 0.1) is 5.69 Å². The maximum absolute atomic E-state index is 12.9. The molecule has 0 spiro atoms. The number of likely N-dealkylation sites (tertiary alicyclic amines) is 1. The Kier molecular flexibility index (Phi) is 5.66. The zero-order valence-corrected chi connectivity index (χ0v) is 19.4. The lowest BCUT2D eigenvalue weighted by Gasteiger charge is -2.32. The van der Waals surface area contributed by atoms with Crippen LogP contribution in [-0.2, 0) is 11.2 Å². The van der Waals surface area contributed by atoms with Gasteiger partial charge >= 0.3 is 0 Å². The number of rotatable bonds is 5. The minimum Gasteiger partial charge on any atom is -0.343 e. The highest BCUT2D eigenvalue weighted by atomic mass is 16.2. The Labute approximate surface area is 193 Å². The number of fused-ring (bicyclic) bond motifs is 1. The van der Waals surface area contributed by atoms with Crippen molar-refractivity contribution in [3.05, 3.63) is 70.8 Å². The Morgan fingerprint density at radius 3 is 2.48 bits per heavy atom. The SMILES string of the molecule is Cc1nn(-c2ccc3nnc(C)n3n2)c(C)c1CCC(=O)N1CCC(c2ccccc2)CC1. The largest absolute Gasteiger partial charge is 0.343 e. The average molecular weight is 444 g/mol. The molecule has 0 N–H and O–H groups in total. The maximum Gasteiger partial charge on any atom is 0.222 e. The summed E-state index contributed by atoms with van der Waals surface area (Å²) in [5.41, 5.74) is 5.16. The van der Waals surface area contributed by atoms with Gasteiger partial charge in [-0.15, -0.1) is 15.3 Å². The number of benzene rings is 1. The summed E-state index contributed by atoms with van der Waals surface area (Å²) >= 11 is 0. The van der Waals surface area contributed by atoms with E-state index < -0.39 is 0 Å². The summed E-state index contributed by atoms with van der Waals surface area (Å²) in [5, 5.41) is 17.5. The first-order valence-corrected chi connectivity index (χ1v) is 11.6. The molecule has 1 saturated heterocycles. The second-order valence-electron chi connectivity index (χ2n) is 8.84. The minimum absolute atomic E-state index is 0.229. The molecule has 4 heterocycles. The molecule has 3 aromatic heterocycles. The summed E-state index contributed by atoms with van der Waals surface area (Å²) < 4.78 is 3.56. The first kappa shape index (κ1) is 21.3. The number of aromatic nitrogens is 6. The van der Waals surface area contributed by atoms with Gasteiger partial charge < -0.3 is 4.90 Å². The zero-order chi connectivity index (χ0) is 22.9. The number of carbonyl (C=O) groups excluding carboxylic acids is 1. The highest BCUT2D eigenvalue weighted by Gasteiger charge is 2.24. The van der Waals surface area contributed by atoms with Crippen molar-refractivity contribution < 1.29 is 4.79 Å². The van der Waals surface area contributed by atoms with Gasteiger partial charge in [-0.25, -0.2) is 4.68 Å². The van der Waals surface area contributed by atoms with Gasteiger partial charge in [-0.05, 0) is 69.2 Å². The van der Waals surface area contributed by atoms with Crippen molar-refractivity contribution >= 4 is 11.6 Å². The second-order valence-corrected chi connectivity index (χ2v) is 8.84. The molecule has 0 saturated carbocycles. The smallest absolute Gasteiger partial charge is 0.222 e. The van der Waals surface area contributed by atoms with Crippen molar-refractivity contribution in [3.63, 3.8) is 0 Å². The molecule has 33 heavy (non-hydrogen) atoms. The van der Waals surface area contributed by atoms with Crippen LogP contribution in [0, 0.1) is 20.8 Å². The van der Waals surface area contributed by atoms with Gasteiger partial charge in [0, 0.05) is 25.2 Å². The summed E-state index contributed by atoms with van der Waals surface area (Å²) in [6, 6.07) is 14.4. The van der Waals surface area contributed by atoms with Crippen molar-refractivity contribution in [1.82, 2.24) is 34.5 Å². The van der Waals surface area contributed by atoms with Crippen LogP contribution in [0.5, 0.6) is 0 Å². The molecule has 8 nitrogen and oxygen atoms in total. The van der Waals surface area contributed by atoms with Crippen molar-refractivity contribution in [2.75, 3.05) is 13.1 Å². The molecule has 4 aromatic rings. The van der Waals surface area contributed by atoms with Crippen molar-refractivity contribution in [1.29, 1.82) is 0 Å². The number of aryl methyl sites for hydroxylation is 2. The number of nitrogens with zero attached hydrogens (tertiary/aromatic N) is 7. The number of carbonyl (C=O) groups is 1. The summed E-state index contributed by atoms with van der Waals surface area (Å²) in [5.74, 6) is 2.23. The molecule has 1 aliphatic rings. The molecule has 0 unspecified atom stereocenters. The summed E-state index contributed by atoms with van der Waals surface area (Å²) in [6.45, 7) is 7.57. The van der Waals surface area contributed by atoms with E-state index in [2.05, 4.69) is 45.6 Å². The van der Waals surface area contributed by atoms with E-state index in [1.54, 1.807) is 4.52 Å². The van der Waals surface area contributed by atoms with Gasteiger partial charge in [0.15, 0.2) is 17.3 Å². The van der Waals surface area contributed by atoms with E-state index >= 15 is 0 Å². The molecular weight excluding hydrogens is 414 g/mol. The number of amides is 1. The van der Waals surface area contributed by atoms with E-state index in [0.717, 1.165) is 48.7 Å². The fourth-order valence-electron chi connectivity index (χ4n) is 4.84. The lowest BCUT2D eigenvalue weighted by atomic mass is 9.89. The quantitative estimate of drug-likeness (QED) is 0.471. The molecule has 8 heteroatoms. The third-order valence-corrected chi connectivity index (χ3v) is 6.77. The van der Waals surface area contributed by atoms with E-state index in [1.165, 1.54) is 5.56 Å². The molecule has 5 rings (SSSR count). The number of piperidine rings is 1. The third kappa shape index (κ3) is 4.13. The van der Waals surface area contributed by atoms with Crippen LogP contribution in [0.4, 0.5) is 0 Å². The number of hydrogen-bond acceptors (Lipinski definition) is 5. The molecule has 1 fully saturated rings. The maximum atomic E-state index is 12.9. The average Bonchev–Trinajstić information content (AvgIpc) is 3.36. The van der Waals surface area contributed by atoms with Crippen molar-refractivity contribution in [2.45, 2.75) is 52.4 Å². The third-order valence-electron chi connectivity index (χ3n) is 6.77. The Bertz CT molecular complexity index is 1280. The first-order chi connectivity index (χ1) is 16.0. The van der Waals surface area contributed by atoms with E-state index in [1.807, 2.05) is 42.5 Å². The summed E-state index contributed by atoms with van der Waals surface area (Å²) in [4.78, 5) is 15.0. The standard InChI is InChI=1S/C25H29N7O/c1-17-22(18(2)31(28-17)24-11-10-23-27-26-19(3)32(23)29-24)9-12-25(33)30-15-13-21(14-16-30)20-7-5-4-6-8-20/h4-8,10-11,21H,9,12-16H2,1-3H3. The molecule has 1 aromatic carbocycles. The van der Waals surface area contributed by atoms with Gasteiger partial charge in [-0.3, -0.25) is 4.79 Å².